The summed E-state index contributed by atoms with van der Waals surface area (Å²) in [4.78, 5) is 37.0. The van der Waals surface area contributed by atoms with E-state index in [1.54, 1.807) is 19.3 Å². The number of thiazole rings is 1. The van der Waals surface area contributed by atoms with Crippen molar-refractivity contribution in [2.75, 3.05) is 31.1 Å². The van der Waals surface area contributed by atoms with Crippen LogP contribution in [0.1, 0.15) is 23.0 Å². The van der Waals surface area contributed by atoms with Gasteiger partial charge in [-0.3, -0.25) is 14.6 Å². The molecule has 3 aromatic rings. The molecule has 0 atom stereocenters. The summed E-state index contributed by atoms with van der Waals surface area (Å²) in [5.74, 6) is 0.181. The van der Waals surface area contributed by atoms with Crippen LogP contribution in [0.5, 0.6) is 0 Å². The predicted molar refractivity (Wildman–Crippen MR) is 114 cm³/mol. The highest BCUT2D eigenvalue weighted by molar-refractivity contribution is 7.13. The number of hydrogen-bond donors (Lipinski definition) is 0. The van der Waals surface area contributed by atoms with Crippen LogP contribution in [0.4, 0.5) is 5.69 Å². The van der Waals surface area contributed by atoms with Crippen molar-refractivity contribution in [1.82, 2.24) is 14.9 Å². The van der Waals surface area contributed by atoms with E-state index in [1.165, 1.54) is 11.3 Å². The molecule has 0 spiro atoms. The number of hydrogen-bond acceptors (Lipinski definition) is 6. The van der Waals surface area contributed by atoms with Crippen LogP contribution in [0.3, 0.4) is 0 Å². The number of ketones is 1. The number of nitrogens with zero attached hydrogens (tertiary/aromatic N) is 4. The van der Waals surface area contributed by atoms with Gasteiger partial charge in [-0.05, 0) is 43.3 Å². The molecule has 2 aromatic heterocycles. The van der Waals surface area contributed by atoms with Gasteiger partial charge in [0.2, 0.25) is 5.91 Å². The first kappa shape index (κ1) is 19.3. The number of carbonyl (C=O) groups excluding carboxylic acids is 2. The van der Waals surface area contributed by atoms with E-state index in [9.17, 15) is 9.59 Å². The smallest absolute Gasteiger partial charge is 0.228 e. The van der Waals surface area contributed by atoms with Crippen molar-refractivity contribution in [1.29, 1.82) is 0 Å². The molecule has 7 heteroatoms. The quantitative estimate of drug-likeness (QED) is 0.608. The Bertz CT molecular complexity index is 993. The number of aromatic nitrogens is 2. The van der Waals surface area contributed by atoms with Crippen LogP contribution in [-0.4, -0.2) is 52.7 Å². The summed E-state index contributed by atoms with van der Waals surface area (Å²) in [6.45, 7) is 4.51. The standard InChI is InChI=1S/C22H22N4O2S/c1-16(27)17-4-6-20(7-5-17)25-9-11-26(12-10-25)21(28)13-19-15-29-22(24-19)18-3-2-8-23-14-18/h2-8,14-15H,9-13H2,1H3. The van der Waals surface area contributed by atoms with Gasteiger partial charge in [-0.2, -0.15) is 0 Å². The summed E-state index contributed by atoms with van der Waals surface area (Å²) in [7, 11) is 0. The molecule has 4 rings (SSSR count). The zero-order valence-corrected chi connectivity index (χ0v) is 17.1. The van der Waals surface area contributed by atoms with Gasteiger partial charge in [0.05, 0.1) is 12.1 Å². The first-order valence-electron chi connectivity index (χ1n) is 9.58. The Kier molecular flexibility index (Phi) is 5.67. The number of piperazine rings is 1. The van der Waals surface area contributed by atoms with Crippen molar-refractivity contribution < 1.29 is 9.59 Å². The fourth-order valence-electron chi connectivity index (χ4n) is 3.40. The second kappa shape index (κ2) is 8.53. The van der Waals surface area contributed by atoms with Crippen LogP contribution in [0, 0.1) is 0 Å². The highest BCUT2D eigenvalue weighted by atomic mass is 32.1. The molecule has 0 radical (unpaired) electrons. The van der Waals surface area contributed by atoms with Gasteiger partial charge in [-0.1, -0.05) is 0 Å². The van der Waals surface area contributed by atoms with Crippen LogP contribution in [0.15, 0.2) is 54.2 Å². The lowest BCUT2D eigenvalue weighted by Crippen LogP contribution is -2.49. The molecule has 1 aliphatic rings. The molecular weight excluding hydrogens is 384 g/mol. The Morgan fingerprint density at radius 3 is 2.48 bits per heavy atom. The van der Waals surface area contributed by atoms with Gasteiger partial charge in [0.25, 0.3) is 0 Å². The third kappa shape index (κ3) is 4.51. The minimum atomic E-state index is 0.0701. The predicted octanol–water partition coefficient (Wildman–Crippen LogP) is 3.30. The maximum absolute atomic E-state index is 12.7. The van der Waals surface area contributed by atoms with Crippen molar-refractivity contribution in [2.24, 2.45) is 0 Å². The number of amides is 1. The minimum Gasteiger partial charge on any atom is -0.368 e. The normalized spacial score (nSPS) is 14.1. The molecule has 0 N–H and O–H groups in total. The highest BCUT2D eigenvalue weighted by Crippen LogP contribution is 2.23. The van der Waals surface area contributed by atoms with E-state index in [1.807, 2.05) is 46.7 Å². The second-order valence-corrected chi connectivity index (χ2v) is 7.89. The maximum Gasteiger partial charge on any atom is 0.228 e. The first-order valence-corrected chi connectivity index (χ1v) is 10.5. The Morgan fingerprint density at radius 1 is 1.07 bits per heavy atom. The van der Waals surface area contributed by atoms with E-state index >= 15 is 0 Å². The lowest BCUT2D eigenvalue weighted by molar-refractivity contribution is -0.130. The average molecular weight is 407 g/mol. The van der Waals surface area contributed by atoms with Crippen molar-refractivity contribution in [3.63, 3.8) is 0 Å². The number of pyridine rings is 1. The second-order valence-electron chi connectivity index (χ2n) is 7.03. The molecule has 0 aliphatic carbocycles. The van der Waals surface area contributed by atoms with E-state index in [4.69, 9.17) is 0 Å². The average Bonchev–Trinajstić information content (AvgIpc) is 3.23. The molecule has 0 bridgehead atoms. The van der Waals surface area contributed by atoms with E-state index in [2.05, 4.69) is 14.9 Å². The largest absolute Gasteiger partial charge is 0.368 e. The third-order valence-electron chi connectivity index (χ3n) is 5.06. The summed E-state index contributed by atoms with van der Waals surface area (Å²) in [6.07, 6.45) is 3.84. The maximum atomic E-state index is 12.7. The Morgan fingerprint density at radius 2 is 1.83 bits per heavy atom. The molecule has 0 saturated carbocycles. The number of benzene rings is 1. The number of anilines is 1. The summed E-state index contributed by atoms with van der Waals surface area (Å²) in [5, 5.41) is 2.84. The summed E-state index contributed by atoms with van der Waals surface area (Å²) in [5.41, 5.74) is 3.58. The van der Waals surface area contributed by atoms with Gasteiger partial charge in [-0.25, -0.2) is 4.98 Å². The molecule has 29 heavy (non-hydrogen) atoms. The molecule has 1 aromatic carbocycles. The highest BCUT2D eigenvalue weighted by Gasteiger charge is 2.22. The number of Topliss-reactive ketones (excluding diaryl/α,β-unsaturated/α-hetero) is 1. The van der Waals surface area contributed by atoms with Gasteiger partial charge >= 0.3 is 0 Å². The van der Waals surface area contributed by atoms with Gasteiger partial charge in [0, 0.05) is 60.8 Å². The zero-order valence-electron chi connectivity index (χ0n) is 16.2. The van der Waals surface area contributed by atoms with Crippen LogP contribution >= 0.6 is 11.3 Å². The number of carbonyl (C=O) groups is 2. The lowest BCUT2D eigenvalue weighted by Gasteiger charge is -2.36. The van der Waals surface area contributed by atoms with E-state index < -0.39 is 0 Å². The molecule has 1 amide bonds. The van der Waals surface area contributed by atoms with Crippen LogP contribution in [0.25, 0.3) is 10.6 Å². The topological polar surface area (TPSA) is 66.4 Å². The molecule has 148 valence electrons. The van der Waals surface area contributed by atoms with Crippen LogP contribution in [-0.2, 0) is 11.2 Å². The van der Waals surface area contributed by atoms with Crippen LogP contribution in [0.2, 0.25) is 0 Å². The van der Waals surface area contributed by atoms with Crippen molar-refractivity contribution in [3.05, 3.63) is 65.4 Å². The molecule has 0 unspecified atom stereocenters. The van der Waals surface area contributed by atoms with Crippen LogP contribution < -0.4 is 4.90 Å². The Hall–Kier alpha value is -3.06. The van der Waals surface area contributed by atoms with E-state index in [0.717, 1.165) is 40.6 Å². The van der Waals surface area contributed by atoms with Gasteiger partial charge in [-0.15, -0.1) is 11.3 Å². The molecule has 3 heterocycles. The van der Waals surface area contributed by atoms with Crippen molar-refractivity contribution >= 4 is 28.7 Å². The SMILES string of the molecule is CC(=O)c1ccc(N2CCN(C(=O)Cc3csc(-c4cccnc4)n3)CC2)cc1. The van der Waals surface area contributed by atoms with E-state index in [0.29, 0.717) is 19.5 Å². The third-order valence-corrected chi connectivity index (χ3v) is 6.00. The fourth-order valence-corrected chi connectivity index (χ4v) is 4.21. The van der Waals surface area contributed by atoms with Gasteiger partial charge in [0.1, 0.15) is 5.01 Å². The molecule has 1 fully saturated rings. The van der Waals surface area contributed by atoms with Crippen molar-refractivity contribution in [2.45, 2.75) is 13.3 Å². The zero-order chi connectivity index (χ0) is 20.2. The van der Waals surface area contributed by atoms with E-state index in [-0.39, 0.29) is 11.7 Å². The van der Waals surface area contributed by atoms with Gasteiger partial charge in [0.15, 0.2) is 5.78 Å². The Labute approximate surface area is 173 Å². The summed E-state index contributed by atoms with van der Waals surface area (Å²) in [6, 6.07) is 11.5. The molecule has 1 aliphatic heterocycles. The summed E-state index contributed by atoms with van der Waals surface area (Å²) >= 11 is 1.54. The molecular formula is C22H22N4O2S. The minimum absolute atomic E-state index is 0.0701. The summed E-state index contributed by atoms with van der Waals surface area (Å²) < 4.78 is 0. The Balaban J connectivity index is 1.32. The first-order chi connectivity index (χ1) is 14.1. The molecule has 6 nitrogen and oxygen atoms in total. The monoisotopic (exact) mass is 406 g/mol. The fraction of sp³-hybridized carbons (Fsp3) is 0.273. The molecule has 1 saturated heterocycles. The van der Waals surface area contributed by atoms with Gasteiger partial charge < -0.3 is 9.80 Å². The van der Waals surface area contributed by atoms with Crippen molar-refractivity contribution in [3.8, 4) is 10.6 Å². The number of rotatable bonds is 5. The lowest BCUT2D eigenvalue weighted by atomic mass is 10.1.